The molecule has 4 bridgehead atoms. The summed E-state index contributed by atoms with van der Waals surface area (Å²) in [6, 6.07) is 0. The molecule has 0 aromatic rings. The molecule has 0 amide bonds. The Morgan fingerprint density at radius 2 is 1.56 bits per heavy atom. The maximum absolute atomic E-state index is 12.5. The second-order valence-electron chi connectivity index (χ2n) is 7.92. The molecule has 4 nitrogen and oxygen atoms in total. The molecule has 0 spiro atoms. The summed E-state index contributed by atoms with van der Waals surface area (Å²) in [7, 11) is 0. The molecule has 25 heavy (non-hydrogen) atoms. The van der Waals surface area contributed by atoms with Crippen LogP contribution in [0.15, 0.2) is 24.3 Å². The van der Waals surface area contributed by atoms with Crippen LogP contribution in [0, 0.1) is 35.5 Å². The molecule has 136 valence electrons. The number of ether oxygens (including phenoxy) is 2. The highest BCUT2D eigenvalue weighted by molar-refractivity contribution is 7.98. The average Bonchev–Trinajstić information content (AvgIpc) is 3.39. The van der Waals surface area contributed by atoms with E-state index in [1.54, 1.807) is 11.8 Å². The third-order valence-corrected chi connectivity index (χ3v) is 6.92. The Hall–Kier alpha value is -1.23. The second-order valence-corrected chi connectivity index (χ2v) is 8.83. The van der Waals surface area contributed by atoms with Crippen LogP contribution in [0.2, 0.25) is 0 Å². The van der Waals surface area contributed by atoms with Crippen LogP contribution in [0.1, 0.15) is 25.7 Å². The van der Waals surface area contributed by atoms with Crippen molar-refractivity contribution in [2.75, 3.05) is 18.6 Å². The third-order valence-electron chi connectivity index (χ3n) is 6.21. The van der Waals surface area contributed by atoms with Crippen molar-refractivity contribution in [1.82, 2.24) is 0 Å². The summed E-state index contributed by atoms with van der Waals surface area (Å²) >= 11 is 1.61. The Kier molecular flexibility index (Phi) is 4.94. The van der Waals surface area contributed by atoms with Crippen molar-refractivity contribution >= 4 is 23.7 Å². The smallest absolute Gasteiger partial charge is 0.309 e. The lowest BCUT2D eigenvalue weighted by molar-refractivity contribution is -0.163. The molecule has 4 aliphatic carbocycles. The molecule has 0 saturated heterocycles. The van der Waals surface area contributed by atoms with Crippen molar-refractivity contribution in [3.8, 4) is 0 Å². The van der Waals surface area contributed by atoms with Gasteiger partial charge in [-0.3, -0.25) is 9.59 Å². The molecule has 7 unspecified atom stereocenters. The molecule has 0 N–H and O–H groups in total. The van der Waals surface area contributed by atoms with Gasteiger partial charge in [-0.25, -0.2) is 0 Å². The van der Waals surface area contributed by atoms with Crippen molar-refractivity contribution < 1.29 is 19.1 Å². The lowest BCUT2D eigenvalue weighted by atomic mass is 9.94. The third kappa shape index (κ3) is 3.53. The highest BCUT2D eigenvalue weighted by Crippen LogP contribution is 2.45. The Bertz CT molecular complexity index is 599. The first-order chi connectivity index (χ1) is 12.1. The van der Waals surface area contributed by atoms with E-state index in [4.69, 9.17) is 9.47 Å². The van der Waals surface area contributed by atoms with Crippen LogP contribution in [-0.2, 0) is 19.1 Å². The molecule has 0 heterocycles. The summed E-state index contributed by atoms with van der Waals surface area (Å²) < 4.78 is 11.3. The summed E-state index contributed by atoms with van der Waals surface area (Å²) in [5.74, 6) is 2.19. The van der Waals surface area contributed by atoms with Crippen molar-refractivity contribution in [2.24, 2.45) is 35.5 Å². The van der Waals surface area contributed by atoms with Crippen molar-refractivity contribution in [3.05, 3.63) is 24.3 Å². The number of carbonyl (C=O) groups is 2. The van der Waals surface area contributed by atoms with E-state index in [2.05, 4.69) is 24.3 Å². The van der Waals surface area contributed by atoms with E-state index in [1.165, 1.54) is 0 Å². The quantitative estimate of drug-likeness (QED) is 0.514. The Morgan fingerprint density at radius 3 is 2.04 bits per heavy atom. The highest BCUT2D eigenvalue weighted by Gasteiger charge is 2.42. The van der Waals surface area contributed by atoms with Crippen LogP contribution in [0.25, 0.3) is 0 Å². The van der Waals surface area contributed by atoms with Gasteiger partial charge in [-0.15, -0.1) is 0 Å². The van der Waals surface area contributed by atoms with Gasteiger partial charge in [0.15, 0.2) is 0 Å². The van der Waals surface area contributed by atoms with E-state index in [-0.39, 0.29) is 36.5 Å². The molecular formula is C20H26O4S. The number of thioether (sulfide) groups is 1. The first kappa shape index (κ1) is 17.2. The molecule has 0 aromatic heterocycles. The number of carbonyl (C=O) groups excluding carboxylic acids is 2. The van der Waals surface area contributed by atoms with Gasteiger partial charge in [0.05, 0.1) is 11.8 Å². The Morgan fingerprint density at radius 1 is 0.960 bits per heavy atom. The predicted molar refractivity (Wildman–Crippen MR) is 96.9 cm³/mol. The van der Waals surface area contributed by atoms with Gasteiger partial charge < -0.3 is 9.47 Å². The molecule has 7 atom stereocenters. The van der Waals surface area contributed by atoms with Crippen LogP contribution in [-0.4, -0.2) is 36.7 Å². The number of fused-ring (bicyclic) bond motifs is 4. The van der Waals surface area contributed by atoms with Gasteiger partial charge in [0.25, 0.3) is 0 Å². The summed E-state index contributed by atoms with van der Waals surface area (Å²) in [4.78, 5) is 24.9. The zero-order chi connectivity index (χ0) is 17.4. The second kappa shape index (κ2) is 7.18. The molecule has 0 radical (unpaired) electrons. The summed E-state index contributed by atoms with van der Waals surface area (Å²) in [6.07, 6.45) is 14.4. The van der Waals surface area contributed by atoms with Gasteiger partial charge >= 0.3 is 11.9 Å². The minimum atomic E-state index is -0.344. The van der Waals surface area contributed by atoms with E-state index in [0.717, 1.165) is 25.7 Å². The lowest BCUT2D eigenvalue weighted by Crippen LogP contribution is -2.33. The molecule has 5 heteroatoms. The lowest BCUT2D eigenvalue weighted by Gasteiger charge is -2.23. The van der Waals surface area contributed by atoms with E-state index in [0.29, 0.717) is 29.4 Å². The van der Waals surface area contributed by atoms with Crippen LogP contribution in [0.4, 0.5) is 0 Å². The monoisotopic (exact) mass is 362 g/mol. The normalized spacial score (nSPS) is 38.3. The van der Waals surface area contributed by atoms with Crippen LogP contribution in [0.3, 0.4) is 0 Å². The first-order valence-electron chi connectivity index (χ1n) is 9.36. The molecule has 0 aromatic carbocycles. The predicted octanol–water partition coefficient (Wildman–Crippen LogP) is 3.23. The standard InChI is InChI=1S/C20H26O4S/c1-25-11-16(24-20(22)18-9-13-3-5-15(18)7-13)10-23-19(21)17-8-12-2-4-14(17)6-12/h2-5,12-18H,6-11H2,1H3. The fourth-order valence-electron chi connectivity index (χ4n) is 4.94. The number of esters is 2. The Balaban J connectivity index is 1.27. The number of hydrogen-bond acceptors (Lipinski definition) is 5. The molecular weight excluding hydrogens is 336 g/mol. The van der Waals surface area contributed by atoms with Gasteiger partial charge in [-0.2, -0.15) is 11.8 Å². The first-order valence-corrected chi connectivity index (χ1v) is 10.8. The van der Waals surface area contributed by atoms with E-state index >= 15 is 0 Å². The van der Waals surface area contributed by atoms with E-state index in [9.17, 15) is 9.59 Å². The molecule has 2 saturated carbocycles. The largest absolute Gasteiger partial charge is 0.461 e. The van der Waals surface area contributed by atoms with Crippen molar-refractivity contribution in [1.29, 1.82) is 0 Å². The Labute approximate surface area is 153 Å². The van der Waals surface area contributed by atoms with Gasteiger partial charge in [0.2, 0.25) is 0 Å². The van der Waals surface area contributed by atoms with E-state index < -0.39 is 0 Å². The van der Waals surface area contributed by atoms with Crippen LogP contribution < -0.4 is 0 Å². The van der Waals surface area contributed by atoms with Crippen LogP contribution >= 0.6 is 11.8 Å². The maximum Gasteiger partial charge on any atom is 0.309 e. The topological polar surface area (TPSA) is 52.6 Å². The summed E-state index contributed by atoms with van der Waals surface area (Å²) in [5.41, 5.74) is 0. The van der Waals surface area contributed by atoms with Gasteiger partial charge in [-0.1, -0.05) is 24.3 Å². The zero-order valence-corrected chi connectivity index (χ0v) is 15.5. The maximum atomic E-state index is 12.5. The molecule has 2 fully saturated rings. The number of allylic oxidation sites excluding steroid dienone is 4. The molecule has 0 aliphatic heterocycles. The summed E-state index contributed by atoms with van der Waals surface area (Å²) in [6.45, 7) is 0.180. The SMILES string of the molecule is CSCC(COC(=O)C1CC2C=CC1C2)OC(=O)C1CC2C=CC1C2. The number of hydrogen-bond donors (Lipinski definition) is 0. The minimum Gasteiger partial charge on any atom is -0.461 e. The van der Waals surface area contributed by atoms with Crippen molar-refractivity contribution in [2.45, 2.75) is 31.8 Å². The number of rotatable bonds is 7. The molecule has 4 aliphatic rings. The van der Waals surface area contributed by atoms with Gasteiger partial charge in [-0.05, 0) is 55.6 Å². The van der Waals surface area contributed by atoms with Crippen LogP contribution in [0.5, 0.6) is 0 Å². The van der Waals surface area contributed by atoms with Gasteiger partial charge in [0, 0.05) is 5.75 Å². The highest BCUT2D eigenvalue weighted by atomic mass is 32.2. The summed E-state index contributed by atoms with van der Waals surface area (Å²) in [5, 5.41) is 0. The van der Waals surface area contributed by atoms with Gasteiger partial charge in [0.1, 0.15) is 12.7 Å². The van der Waals surface area contributed by atoms with Crippen molar-refractivity contribution in [3.63, 3.8) is 0 Å². The van der Waals surface area contributed by atoms with E-state index in [1.807, 2.05) is 6.26 Å². The fraction of sp³-hybridized carbons (Fsp3) is 0.700. The molecule has 4 rings (SSSR count). The average molecular weight is 362 g/mol. The zero-order valence-electron chi connectivity index (χ0n) is 14.6. The minimum absolute atomic E-state index is 0.00339. The fourth-order valence-corrected chi connectivity index (χ4v) is 5.48.